The summed E-state index contributed by atoms with van der Waals surface area (Å²) in [6, 6.07) is 0. The molecular formula is C53H73N3O34. The van der Waals surface area contributed by atoms with Crippen molar-refractivity contribution in [1.82, 2.24) is 0 Å². The van der Waals surface area contributed by atoms with Crippen molar-refractivity contribution in [3.8, 4) is 0 Å². The summed E-state index contributed by atoms with van der Waals surface area (Å²) in [5.41, 5.74) is 8.93. The minimum absolute atomic E-state index is 0.00260. The first kappa shape index (κ1) is 74.6. The number of hydrogen-bond acceptors (Lipinski definition) is 35. The van der Waals surface area contributed by atoms with E-state index >= 15 is 0 Å². The summed E-state index contributed by atoms with van der Waals surface area (Å²) >= 11 is 0. The van der Waals surface area contributed by atoms with Gasteiger partial charge in [-0.25, -0.2) is 0 Å². The first-order valence-corrected chi connectivity index (χ1v) is 27.6. The quantitative estimate of drug-likeness (QED) is 0.0236. The summed E-state index contributed by atoms with van der Waals surface area (Å²) in [5, 5.41) is 3.47. The lowest BCUT2D eigenvalue weighted by Crippen LogP contribution is -2.70. The summed E-state index contributed by atoms with van der Waals surface area (Å²) < 4.78 is 123. The Morgan fingerprint density at radius 1 is 0.311 bits per heavy atom. The summed E-state index contributed by atoms with van der Waals surface area (Å²) in [7, 11) is 0. The van der Waals surface area contributed by atoms with Gasteiger partial charge >= 0.3 is 77.6 Å². The molecule has 0 spiro atoms. The molecular weight excluding hydrogens is 1220 g/mol. The highest BCUT2D eigenvalue weighted by atomic mass is 16.8. The third-order valence-corrected chi connectivity index (χ3v) is 12.5. The van der Waals surface area contributed by atoms with E-state index in [-0.39, 0.29) is 19.6 Å². The van der Waals surface area contributed by atoms with Gasteiger partial charge in [-0.1, -0.05) is 5.11 Å². The topological polar surface area (TPSA) is 465 Å². The summed E-state index contributed by atoms with van der Waals surface area (Å²) in [6.45, 7) is 8.57. The number of ether oxygens (including phenoxy) is 21. The largest absolute Gasteiger partial charge is 0.463 e. The van der Waals surface area contributed by atoms with Crippen molar-refractivity contribution < 1.29 is 162 Å². The molecule has 0 unspecified atom stereocenters. The first-order valence-electron chi connectivity index (χ1n) is 27.6. The number of rotatable bonds is 28. The Kier molecular flexibility index (Phi) is 29.4. The van der Waals surface area contributed by atoms with Crippen LogP contribution in [-0.2, 0) is 162 Å². The Morgan fingerprint density at radius 3 is 0.822 bits per heavy atom. The Labute approximate surface area is 512 Å². The molecule has 0 bridgehead atoms. The van der Waals surface area contributed by atoms with Crippen molar-refractivity contribution in [1.29, 1.82) is 0 Å². The highest BCUT2D eigenvalue weighted by molar-refractivity contribution is 5.71. The average Bonchev–Trinajstić information content (AvgIpc) is 0.776. The number of carbonyl (C=O) groups excluding carboxylic acids is 13. The van der Waals surface area contributed by atoms with E-state index in [0.717, 1.165) is 90.0 Å². The lowest BCUT2D eigenvalue weighted by molar-refractivity contribution is -0.393. The molecule has 4 saturated heterocycles. The maximum atomic E-state index is 13.5. The average molecular weight is 1300 g/mol. The van der Waals surface area contributed by atoms with Crippen LogP contribution in [0.3, 0.4) is 0 Å². The van der Waals surface area contributed by atoms with Gasteiger partial charge in [-0.2, -0.15) is 0 Å². The van der Waals surface area contributed by atoms with E-state index in [4.69, 9.17) is 105 Å². The van der Waals surface area contributed by atoms with Crippen LogP contribution in [-0.4, -0.2) is 240 Å². The fourth-order valence-electron chi connectivity index (χ4n) is 9.55. The Morgan fingerprint density at radius 2 is 0.544 bits per heavy atom. The van der Waals surface area contributed by atoms with Crippen LogP contribution in [0, 0.1) is 0 Å². The van der Waals surface area contributed by atoms with E-state index in [1.165, 1.54) is 0 Å². The molecule has 0 N–H and O–H groups in total. The van der Waals surface area contributed by atoms with E-state index in [1.54, 1.807) is 0 Å². The molecule has 0 amide bonds. The fourth-order valence-corrected chi connectivity index (χ4v) is 9.55. The normalized spacial score (nSPS) is 31.2. The highest BCUT2D eigenvalue weighted by Gasteiger charge is 2.62. The first-order chi connectivity index (χ1) is 42.3. The van der Waals surface area contributed by atoms with Crippen molar-refractivity contribution >= 4 is 77.6 Å². The van der Waals surface area contributed by atoms with Crippen molar-refractivity contribution in [2.75, 3.05) is 39.6 Å². The van der Waals surface area contributed by atoms with Crippen LogP contribution in [0.2, 0.25) is 0 Å². The van der Waals surface area contributed by atoms with Gasteiger partial charge in [-0.3, -0.25) is 62.3 Å². The molecule has 4 aliphatic rings. The molecule has 4 heterocycles. The number of hydrogen-bond donors (Lipinski definition) is 0. The van der Waals surface area contributed by atoms with Crippen LogP contribution < -0.4 is 0 Å². The molecule has 0 saturated carbocycles. The number of azide groups is 1. The second-order valence-corrected chi connectivity index (χ2v) is 20.0. The SMILES string of the molecule is CC(=O)OC[C@H]1O[C@H](O[C@@H]2[C@H](OC(C)=O)[C@@H](O[C@@H]3[C@H](OC(C)=O)[C@@H](O[C@@H]4[C@@H](OCCCN=[N+]=[N-])O[C@H](COC(C)=O)[C@@H](OC(C)=O)[C@@H]4OC(C)=O)O[C@H](COC(C)=O)[C@H]3OC(C)=O)O[C@H](COC(C)=O)[C@H]2OC(C)=O)[C@@H](OC(C)=O)[C@@H](OC(C)=O)[C@@H]1OC(C)=O. The summed E-state index contributed by atoms with van der Waals surface area (Å²) in [5.74, 6) is -13.5. The minimum Gasteiger partial charge on any atom is -0.463 e. The van der Waals surface area contributed by atoms with Gasteiger partial charge in [0, 0.05) is 108 Å². The van der Waals surface area contributed by atoms with Crippen molar-refractivity contribution in [3.05, 3.63) is 10.4 Å². The molecule has 4 fully saturated rings. The predicted octanol–water partition coefficient (Wildman–Crippen LogP) is -0.604. The van der Waals surface area contributed by atoms with E-state index in [1.807, 2.05) is 0 Å². The van der Waals surface area contributed by atoms with Gasteiger partial charge in [0.25, 0.3) is 0 Å². The monoisotopic (exact) mass is 1300 g/mol. The molecule has 0 radical (unpaired) electrons. The van der Waals surface area contributed by atoms with E-state index in [9.17, 15) is 62.3 Å². The lowest BCUT2D eigenvalue weighted by Gasteiger charge is -2.51. The van der Waals surface area contributed by atoms with Gasteiger partial charge in [0.1, 0.15) is 63.1 Å². The number of carbonyl (C=O) groups is 13. The fraction of sp³-hybridized carbons (Fsp3) is 0.755. The van der Waals surface area contributed by atoms with E-state index in [0.29, 0.717) is 0 Å². The second-order valence-electron chi connectivity index (χ2n) is 20.0. The molecule has 4 aliphatic heterocycles. The standard InChI is InChI=1S/C53H73N3O34/c1-21(57)71-17-34-38(75-25(5)61)42(79-29(9)65)46(50(84-34)70-16-14-15-55-56-54)90-53-49(83-33(13)69)45(41(78-28(8)64)37(87-53)20-74-24(4)60)89-52-48(82-32(12)68)44(40(77-27(7)63)36(86-52)19-73-23(3)59)88-51-47(81-31(11)67)43(80-30(10)66)39(76-26(6)62)35(85-51)18-72-22(2)58/h34-53H,14-20H2,1-13H3/t34-,35-,36-,37-,38-,39-,40-,41-,42+,43+,44+,45+,46+,47+,48+,49+,50+,51-,52-,53-/m1/s1. The Balaban J connectivity index is 2.09. The van der Waals surface area contributed by atoms with Gasteiger partial charge in [0.05, 0.1) is 0 Å². The second kappa shape index (κ2) is 35.5. The van der Waals surface area contributed by atoms with Crippen LogP contribution in [0.4, 0.5) is 0 Å². The van der Waals surface area contributed by atoms with Crippen molar-refractivity contribution in [3.63, 3.8) is 0 Å². The van der Waals surface area contributed by atoms with Crippen LogP contribution in [0.25, 0.3) is 10.4 Å². The van der Waals surface area contributed by atoms with E-state index in [2.05, 4.69) is 10.0 Å². The molecule has 20 atom stereocenters. The number of esters is 13. The molecule has 37 nitrogen and oxygen atoms in total. The molecule has 0 aromatic rings. The third kappa shape index (κ3) is 23.2. The van der Waals surface area contributed by atoms with Gasteiger partial charge in [-0.15, -0.1) is 0 Å². The zero-order valence-corrected chi connectivity index (χ0v) is 51.2. The van der Waals surface area contributed by atoms with Gasteiger partial charge in [-0.05, 0) is 12.0 Å². The summed E-state index contributed by atoms with van der Waals surface area (Å²) in [6.07, 6.45) is -39.4. The molecule has 37 heteroatoms. The number of nitrogens with zero attached hydrogens (tertiary/aromatic N) is 3. The minimum atomic E-state index is -2.32. The van der Waals surface area contributed by atoms with E-state index < -0.39 is 227 Å². The Hall–Kier alpha value is -7.90. The molecule has 0 aromatic carbocycles. The van der Waals surface area contributed by atoms with Crippen molar-refractivity contribution in [2.24, 2.45) is 5.11 Å². The Bertz CT molecular complexity index is 2630. The highest BCUT2D eigenvalue weighted by Crippen LogP contribution is 2.40. The molecule has 0 aliphatic carbocycles. The van der Waals surface area contributed by atoms with Crippen LogP contribution in [0.15, 0.2) is 5.11 Å². The zero-order valence-electron chi connectivity index (χ0n) is 51.2. The van der Waals surface area contributed by atoms with Gasteiger partial charge < -0.3 is 99.5 Å². The zero-order chi connectivity index (χ0) is 67.3. The maximum Gasteiger partial charge on any atom is 0.303 e. The molecule has 504 valence electrons. The molecule has 0 aromatic heterocycles. The third-order valence-electron chi connectivity index (χ3n) is 12.5. The molecule has 90 heavy (non-hydrogen) atoms. The smallest absolute Gasteiger partial charge is 0.303 e. The molecule has 4 rings (SSSR count). The van der Waals surface area contributed by atoms with Gasteiger partial charge in [0.15, 0.2) is 86.2 Å². The van der Waals surface area contributed by atoms with Gasteiger partial charge in [0.2, 0.25) is 0 Å². The lowest BCUT2D eigenvalue weighted by atomic mass is 9.94. The summed E-state index contributed by atoms with van der Waals surface area (Å²) in [4.78, 5) is 170. The van der Waals surface area contributed by atoms with Crippen LogP contribution in [0.5, 0.6) is 0 Å². The van der Waals surface area contributed by atoms with Crippen molar-refractivity contribution in [2.45, 2.75) is 219 Å². The van der Waals surface area contributed by atoms with Crippen LogP contribution >= 0.6 is 0 Å². The van der Waals surface area contributed by atoms with Crippen LogP contribution in [0.1, 0.15) is 96.4 Å². The maximum absolute atomic E-state index is 13.5. The predicted molar refractivity (Wildman–Crippen MR) is 280 cm³/mol.